The zero-order valence-corrected chi connectivity index (χ0v) is 11.8. The van der Waals surface area contributed by atoms with Gasteiger partial charge in [0.25, 0.3) is 0 Å². The highest BCUT2D eigenvalue weighted by Crippen LogP contribution is 2.28. The van der Waals surface area contributed by atoms with E-state index in [9.17, 15) is 0 Å². The molecule has 1 unspecified atom stereocenters. The zero-order chi connectivity index (χ0) is 13.0. The molecule has 0 amide bonds. The van der Waals surface area contributed by atoms with Crippen molar-refractivity contribution in [2.75, 3.05) is 13.2 Å². The van der Waals surface area contributed by atoms with Crippen LogP contribution in [0.1, 0.15) is 36.9 Å². The number of aryl methyl sites for hydroxylation is 1. The summed E-state index contributed by atoms with van der Waals surface area (Å²) in [6.07, 6.45) is 4.41. The highest BCUT2D eigenvalue weighted by molar-refractivity contribution is 6.31. The molecule has 1 aromatic rings. The summed E-state index contributed by atoms with van der Waals surface area (Å²) in [5.74, 6) is 1.05. The van der Waals surface area contributed by atoms with Gasteiger partial charge in [0.15, 0.2) is 0 Å². The van der Waals surface area contributed by atoms with Gasteiger partial charge in [0.2, 0.25) is 0 Å². The third kappa shape index (κ3) is 3.06. The predicted molar refractivity (Wildman–Crippen MR) is 75.9 cm³/mol. The normalized spacial score (nSPS) is 16.9. The van der Waals surface area contributed by atoms with Crippen molar-refractivity contribution >= 4 is 11.6 Å². The molecule has 0 radical (unpaired) electrons. The summed E-state index contributed by atoms with van der Waals surface area (Å²) < 4.78 is 5.78. The molecule has 1 aliphatic heterocycles. The largest absolute Gasteiger partial charge is 0.496 e. The van der Waals surface area contributed by atoms with Crippen LogP contribution in [-0.4, -0.2) is 13.2 Å². The van der Waals surface area contributed by atoms with Gasteiger partial charge < -0.3 is 10.1 Å². The first-order chi connectivity index (χ1) is 8.72. The Morgan fingerprint density at radius 3 is 2.89 bits per heavy atom. The van der Waals surface area contributed by atoms with Crippen LogP contribution in [0.15, 0.2) is 30.0 Å². The third-order valence-electron chi connectivity index (χ3n) is 3.17. The lowest BCUT2D eigenvalue weighted by atomic mass is 10.0. The van der Waals surface area contributed by atoms with Crippen LogP contribution in [0, 0.1) is 6.92 Å². The first kappa shape index (κ1) is 13.4. The lowest BCUT2D eigenvalue weighted by Gasteiger charge is -2.25. The summed E-state index contributed by atoms with van der Waals surface area (Å²) in [7, 11) is 0. The summed E-state index contributed by atoms with van der Waals surface area (Å²) in [6, 6.07) is 6.31. The lowest BCUT2D eigenvalue weighted by molar-refractivity contribution is 0.168. The molecule has 98 valence electrons. The van der Waals surface area contributed by atoms with E-state index in [1.807, 2.05) is 13.0 Å². The Morgan fingerprint density at radius 2 is 2.28 bits per heavy atom. The number of halogens is 1. The van der Waals surface area contributed by atoms with Crippen molar-refractivity contribution < 1.29 is 4.74 Å². The molecule has 0 bridgehead atoms. The van der Waals surface area contributed by atoms with E-state index in [2.05, 4.69) is 30.4 Å². The predicted octanol–water partition coefficient (Wildman–Crippen LogP) is 3.99. The Morgan fingerprint density at radius 1 is 1.44 bits per heavy atom. The van der Waals surface area contributed by atoms with Gasteiger partial charge in [-0.25, -0.2) is 0 Å². The second-order valence-electron chi connectivity index (χ2n) is 4.60. The van der Waals surface area contributed by atoms with Crippen LogP contribution in [0.25, 0.3) is 0 Å². The first-order valence-electron chi connectivity index (χ1n) is 6.54. The van der Waals surface area contributed by atoms with Crippen LogP contribution in [0.2, 0.25) is 5.02 Å². The molecule has 1 atom stereocenters. The van der Waals surface area contributed by atoms with Crippen molar-refractivity contribution in [3.05, 3.63) is 46.2 Å². The fourth-order valence-electron chi connectivity index (χ4n) is 2.21. The summed E-state index contributed by atoms with van der Waals surface area (Å²) in [6.45, 7) is 5.87. The van der Waals surface area contributed by atoms with Crippen LogP contribution in [0.5, 0.6) is 0 Å². The Hall–Kier alpha value is -0.990. The number of rotatable bonds is 4. The van der Waals surface area contributed by atoms with Crippen molar-refractivity contribution in [3.63, 3.8) is 0 Å². The van der Waals surface area contributed by atoms with Crippen molar-refractivity contribution in [1.82, 2.24) is 5.32 Å². The number of benzene rings is 1. The maximum atomic E-state index is 6.08. The molecule has 0 aromatic heterocycles. The average molecular weight is 266 g/mol. The van der Waals surface area contributed by atoms with Crippen molar-refractivity contribution in [1.29, 1.82) is 0 Å². The molecule has 1 N–H and O–H groups in total. The number of hydrogen-bond acceptors (Lipinski definition) is 2. The highest BCUT2D eigenvalue weighted by atomic mass is 35.5. The minimum atomic E-state index is 0.145. The fourth-order valence-corrected chi connectivity index (χ4v) is 2.33. The summed E-state index contributed by atoms with van der Waals surface area (Å²) in [5, 5.41) is 4.29. The number of likely N-dealkylation sites (N-methyl/N-ethyl adjacent to an activating group) is 1. The van der Waals surface area contributed by atoms with Gasteiger partial charge in [-0.2, -0.15) is 0 Å². The molecule has 1 aliphatic rings. The molecular formula is C15H20ClNO. The molecule has 0 fully saturated rings. The average Bonchev–Trinajstić information content (AvgIpc) is 2.40. The molecule has 0 saturated carbocycles. The van der Waals surface area contributed by atoms with Crippen LogP contribution in [0.3, 0.4) is 0 Å². The smallest absolute Gasteiger partial charge is 0.113 e. The summed E-state index contributed by atoms with van der Waals surface area (Å²) in [4.78, 5) is 0. The van der Waals surface area contributed by atoms with Gasteiger partial charge in [0.1, 0.15) is 5.76 Å². The molecule has 0 saturated heterocycles. The van der Waals surface area contributed by atoms with E-state index in [1.54, 1.807) is 0 Å². The fraction of sp³-hybridized carbons (Fsp3) is 0.467. The molecule has 0 spiro atoms. The highest BCUT2D eigenvalue weighted by Gasteiger charge is 2.19. The minimum absolute atomic E-state index is 0.145. The van der Waals surface area contributed by atoms with E-state index in [0.717, 1.165) is 42.3 Å². The number of allylic oxidation sites excluding steroid dienone is 1. The van der Waals surface area contributed by atoms with Crippen LogP contribution < -0.4 is 5.32 Å². The molecule has 3 heteroatoms. The standard InChI is InChI=1S/C15H20ClNO/c1-3-17-15(14-6-4-5-9-18-14)12-7-8-13(16)11(2)10-12/h6-8,10,15,17H,3-5,9H2,1-2H3. The van der Waals surface area contributed by atoms with Gasteiger partial charge in [-0.15, -0.1) is 0 Å². The maximum absolute atomic E-state index is 6.08. The molecule has 2 nitrogen and oxygen atoms in total. The van der Waals surface area contributed by atoms with Gasteiger partial charge in [-0.3, -0.25) is 0 Å². The lowest BCUT2D eigenvalue weighted by Crippen LogP contribution is -2.25. The van der Waals surface area contributed by atoms with Crippen LogP contribution in [-0.2, 0) is 4.74 Å². The van der Waals surface area contributed by atoms with E-state index in [-0.39, 0.29) is 6.04 Å². The summed E-state index contributed by atoms with van der Waals surface area (Å²) in [5.41, 5.74) is 2.32. The Balaban J connectivity index is 2.28. The minimum Gasteiger partial charge on any atom is -0.496 e. The molecule has 2 rings (SSSR count). The zero-order valence-electron chi connectivity index (χ0n) is 11.0. The Labute approximate surface area is 114 Å². The van der Waals surface area contributed by atoms with Crippen LogP contribution in [0.4, 0.5) is 0 Å². The van der Waals surface area contributed by atoms with E-state index < -0.39 is 0 Å². The van der Waals surface area contributed by atoms with Crippen LogP contribution >= 0.6 is 11.6 Å². The second kappa shape index (κ2) is 6.26. The molecule has 1 aromatic carbocycles. The Kier molecular flexibility index (Phi) is 4.67. The van der Waals surface area contributed by atoms with Gasteiger partial charge in [0, 0.05) is 5.02 Å². The number of nitrogens with one attached hydrogen (secondary N) is 1. The van der Waals surface area contributed by atoms with Crippen molar-refractivity contribution in [2.45, 2.75) is 32.7 Å². The first-order valence-corrected chi connectivity index (χ1v) is 6.92. The molecule has 0 aliphatic carbocycles. The van der Waals surface area contributed by atoms with Gasteiger partial charge in [0.05, 0.1) is 12.6 Å². The topological polar surface area (TPSA) is 21.3 Å². The monoisotopic (exact) mass is 265 g/mol. The van der Waals surface area contributed by atoms with E-state index in [0.29, 0.717) is 0 Å². The van der Waals surface area contributed by atoms with Gasteiger partial charge in [-0.1, -0.05) is 30.7 Å². The quantitative estimate of drug-likeness (QED) is 0.889. The SMILES string of the molecule is CCNC(C1=CCCCO1)c1ccc(Cl)c(C)c1. The number of ether oxygens (including phenoxy) is 1. The second-order valence-corrected chi connectivity index (χ2v) is 5.00. The third-order valence-corrected chi connectivity index (χ3v) is 3.59. The number of hydrogen-bond donors (Lipinski definition) is 1. The Bertz CT molecular complexity index is 442. The molecular weight excluding hydrogens is 246 g/mol. The molecule has 18 heavy (non-hydrogen) atoms. The maximum Gasteiger partial charge on any atom is 0.113 e. The van der Waals surface area contributed by atoms with Gasteiger partial charge in [-0.05, 0) is 49.6 Å². The summed E-state index contributed by atoms with van der Waals surface area (Å²) >= 11 is 6.08. The van der Waals surface area contributed by atoms with Crippen molar-refractivity contribution in [3.8, 4) is 0 Å². The van der Waals surface area contributed by atoms with E-state index in [4.69, 9.17) is 16.3 Å². The van der Waals surface area contributed by atoms with E-state index in [1.165, 1.54) is 5.56 Å². The van der Waals surface area contributed by atoms with Crippen molar-refractivity contribution in [2.24, 2.45) is 0 Å². The molecule has 1 heterocycles. The van der Waals surface area contributed by atoms with E-state index >= 15 is 0 Å². The van der Waals surface area contributed by atoms with Gasteiger partial charge >= 0.3 is 0 Å².